The lowest BCUT2D eigenvalue weighted by molar-refractivity contribution is 0.483. The van der Waals surface area contributed by atoms with Crippen LogP contribution in [0.1, 0.15) is 22.3 Å². The highest BCUT2D eigenvalue weighted by atomic mass is 32.2. The highest BCUT2D eigenvalue weighted by molar-refractivity contribution is 7.85. The Morgan fingerprint density at radius 2 is 0.938 bits per heavy atom. The van der Waals surface area contributed by atoms with Crippen LogP contribution in [0.2, 0.25) is 0 Å². The molecule has 0 saturated carbocycles. The molecular weight excluding hydrogens is 609 g/mol. The third-order valence-corrected chi connectivity index (χ3v) is 10.1. The van der Waals surface area contributed by atoms with E-state index in [9.17, 15) is 8.42 Å². The van der Waals surface area contributed by atoms with Gasteiger partial charge in [0.15, 0.2) is 0 Å². The van der Waals surface area contributed by atoms with E-state index < -0.39 is 10.1 Å². The number of rotatable bonds is 4. The molecule has 0 heterocycles. The average molecular weight is 645 g/mol. The molecule has 0 aliphatic rings. The van der Waals surface area contributed by atoms with Crippen LogP contribution in [0.15, 0.2) is 144 Å². The van der Waals surface area contributed by atoms with Crippen LogP contribution in [-0.4, -0.2) is 13.0 Å². The zero-order valence-corrected chi connectivity index (χ0v) is 28.3. The summed E-state index contributed by atoms with van der Waals surface area (Å²) in [7, 11) is -4.02. The molecule has 8 aromatic carbocycles. The zero-order valence-electron chi connectivity index (χ0n) is 27.5. The number of hydrogen-bond donors (Lipinski definition) is 1. The fourth-order valence-electron chi connectivity index (χ4n) is 7.24. The number of hydrogen-bond acceptors (Lipinski definition) is 2. The summed E-state index contributed by atoms with van der Waals surface area (Å²) in [5.41, 5.74) is 12.7. The molecule has 48 heavy (non-hydrogen) atoms. The highest BCUT2D eigenvalue weighted by Crippen LogP contribution is 2.51. The summed E-state index contributed by atoms with van der Waals surface area (Å²) < 4.78 is 29.6. The topological polar surface area (TPSA) is 54.4 Å². The summed E-state index contributed by atoms with van der Waals surface area (Å²) in [4.78, 5) is -0.0666. The highest BCUT2D eigenvalue weighted by Gasteiger charge is 2.24. The van der Waals surface area contributed by atoms with E-state index in [1.54, 1.807) is 12.1 Å². The maximum atomic E-state index is 10.5. The van der Waals surface area contributed by atoms with Crippen molar-refractivity contribution in [3.8, 4) is 33.4 Å². The van der Waals surface area contributed by atoms with Crippen LogP contribution >= 0.6 is 0 Å². The molecule has 0 saturated heterocycles. The quantitative estimate of drug-likeness (QED) is 0.153. The minimum Gasteiger partial charge on any atom is -0.282 e. The first-order chi connectivity index (χ1) is 23.1. The van der Waals surface area contributed by atoms with Crippen molar-refractivity contribution in [2.75, 3.05) is 0 Å². The first-order valence-electron chi connectivity index (χ1n) is 16.1. The Bertz CT molecular complexity index is 2500. The van der Waals surface area contributed by atoms with Crippen molar-refractivity contribution >= 4 is 42.4 Å². The van der Waals surface area contributed by atoms with Gasteiger partial charge in [0.25, 0.3) is 10.1 Å². The SMILES string of the molecule is Cc1cc(C)c(-c2c(-c3ccccc3)c(-c3ccccc3)c3ccc4cccc5ccc2c3c45)c(C)c1.Cc1ccc(S(=O)(=O)O)cc1. The minimum atomic E-state index is -4.02. The third kappa shape index (κ3) is 5.64. The molecule has 0 atom stereocenters. The zero-order chi connectivity index (χ0) is 33.6. The summed E-state index contributed by atoms with van der Waals surface area (Å²) in [6, 6.07) is 48.5. The van der Waals surface area contributed by atoms with Crippen molar-refractivity contribution in [2.45, 2.75) is 32.6 Å². The second-order valence-electron chi connectivity index (χ2n) is 12.6. The normalized spacial score (nSPS) is 11.6. The summed E-state index contributed by atoms with van der Waals surface area (Å²) in [5, 5.41) is 7.96. The van der Waals surface area contributed by atoms with Gasteiger partial charge < -0.3 is 0 Å². The van der Waals surface area contributed by atoms with E-state index in [-0.39, 0.29) is 4.90 Å². The number of aryl methyl sites for hydroxylation is 4. The standard InChI is InChI=1S/C37H28.C7H8O3S/c1-23-21-24(2)32(25(3)22-23)37-31-20-18-29-16-10-15-28-17-19-30(36(31)33(28)29)34(26-11-6-4-7-12-26)35(37)27-13-8-5-9-14-27;1-6-2-4-7(5-3-6)11(8,9)10/h4-22H,1-3H3;2-5H,1H3,(H,8,9,10). The maximum Gasteiger partial charge on any atom is 0.294 e. The van der Waals surface area contributed by atoms with Crippen LogP contribution in [0.5, 0.6) is 0 Å². The van der Waals surface area contributed by atoms with E-state index in [2.05, 4.69) is 136 Å². The van der Waals surface area contributed by atoms with Gasteiger partial charge in [0.2, 0.25) is 0 Å². The molecule has 0 amide bonds. The Labute approximate surface area is 282 Å². The lowest BCUT2D eigenvalue weighted by Gasteiger charge is -2.25. The van der Waals surface area contributed by atoms with Gasteiger partial charge in [-0.25, -0.2) is 0 Å². The largest absolute Gasteiger partial charge is 0.294 e. The molecule has 8 aromatic rings. The van der Waals surface area contributed by atoms with Crippen LogP contribution in [-0.2, 0) is 10.1 Å². The fraction of sp³-hybridized carbons (Fsp3) is 0.0909. The molecule has 0 bridgehead atoms. The average Bonchev–Trinajstić information content (AvgIpc) is 3.07. The predicted octanol–water partition coefficient (Wildman–Crippen LogP) is 11.8. The summed E-state index contributed by atoms with van der Waals surface area (Å²) in [6.45, 7) is 8.57. The van der Waals surface area contributed by atoms with Crippen molar-refractivity contribution in [1.29, 1.82) is 0 Å². The van der Waals surface area contributed by atoms with Crippen molar-refractivity contribution in [3.05, 3.63) is 162 Å². The third-order valence-electron chi connectivity index (χ3n) is 9.19. The van der Waals surface area contributed by atoms with Gasteiger partial charge in [-0.05, 0) is 117 Å². The molecule has 0 radical (unpaired) electrons. The Morgan fingerprint density at radius 1 is 0.438 bits per heavy atom. The lowest BCUT2D eigenvalue weighted by Crippen LogP contribution is -1.99. The monoisotopic (exact) mass is 644 g/mol. The van der Waals surface area contributed by atoms with Crippen molar-refractivity contribution in [1.82, 2.24) is 0 Å². The van der Waals surface area contributed by atoms with Crippen molar-refractivity contribution in [3.63, 3.8) is 0 Å². The molecule has 0 unspecified atom stereocenters. The Morgan fingerprint density at radius 3 is 1.46 bits per heavy atom. The Kier molecular flexibility index (Phi) is 8.08. The molecular formula is C44H36O3S. The fourth-order valence-corrected chi connectivity index (χ4v) is 7.72. The first kappa shape index (κ1) is 31.3. The molecule has 3 nitrogen and oxygen atoms in total. The predicted molar refractivity (Wildman–Crippen MR) is 202 cm³/mol. The van der Waals surface area contributed by atoms with Gasteiger partial charge in [-0.15, -0.1) is 0 Å². The van der Waals surface area contributed by atoms with E-state index in [4.69, 9.17) is 4.55 Å². The maximum absolute atomic E-state index is 10.5. The van der Waals surface area contributed by atoms with Gasteiger partial charge >= 0.3 is 0 Å². The molecule has 4 heteroatoms. The van der Waals surface area contributed by atoms with E-state index >= 15 is 0 Å². The van der Waals surface area contributed by atoms with Gasteiger partial charge in [-0.2, -0.15) is 8.42 Å². The van der Waals surface area contributed by atoms with Gasteiger partial charge in [0.05, 0.1) is 4.90 Å². The Balaban J connectivity index is 0.000000284. The van der Waals surface area contributed by atoms with E-state index in [0.29, 0.717) is 0 Å². The van der Waals surface area contributed by atoms with Gasteiger partial charge in [0.1, 0.15) is 0 Å². The van der Waals surface area contributed by atoms with Crippen LogP contribution in [0.4, 0.5) is 0 Å². The van der Waals surface area contributed by atoms with Crippen LogP contribution in [0.3, 0.4) is 0 Å². The smallest absolute Gasteiger partial charge is 0.282 e. The molecule has 0 aliphatic heterocycles. The second kappa shape index (κ2) is 12.4. The van der Waals surface area contributed by atoms with Crippen LogP contribution in [0.25, 0.3) is 65.7 Å². The van der Waals surface area contributed by atoms with E-state index in [1.165, 1.54) is 94.5 Å². The lowest BCUT2D eigenvalue weighted by atomic mass is 9.78. The first-order valence-corrected chi connectivity index (χ1v) is 17.5. The van der Waals surface area contributed by atoms with E-state index in [0.717, 1.165) is 5.56 Å². The van der Waals surface area contributed by atoms with Gasteiger partial charge in [-0.3, -0.25) is 4.55 Å². The number of benzene rings is 8. The molecule has 0 aliphatic carbocycles. The summed E-state index contributed by atoms with van der Waals surface area (Å²) >= 11 is 0. The molecule has 8 rings (SSSR count). The molecule has 1 N–H and O–H groups in total. The molecule has 0 spiro atoms. The summed E-state index contributed by atoms with van der Waals surface area (Å²) in [6.07, 6.45) is 0. The Hall–Kier alpha value is -5.29. The van der Waals surface area contributed by atoms with Crippen molar-refractivity contribution < 1.29 is 13.0 Å². The minimum absolute atomic E-state index is 0.0666. The summed E-state index contributed by atoms with van der Waals surface area (Å²) in [5.74, 6) is 0. The van der Waals surface area contributed by atoms with Gasteiger partial charge in [0, 0.05) is 0 Å². The van der Waals surface area contributed by atoms with E-state index in [1.807, 2.05) is 6.92 Å². The van der Waals surface area contributed by atoms with Crippen molar-refractivity contribution in [2.24, 2.45) is 0 Å². The van der Waals surface area contributed by atoms with Gasteiger partial charge in [-0.1, -0.05) is 139 Å². The molecule has 0 fully saturated rings. The molecule has 236 valence electrons. The molecule has 0 aromatic heterocycles. The second-order valence-corrected chi connectivity index (χ2v) is 14.0. The van der Waals surface area contributed by atoms with Crippen LogP contribution < -0.4 is 0 Å². The van der Waals surface area contributed by atoms with Crippen LogP contribution in [0, 0.1) is 27.7 Å².